The van der Waals surface area contributed by atoms with Crippen LogP contribution in [0.25, 0.3) is 11.1 Å². The summed E-state index contributed by atoms with van der Waals surface area (Å²) in [5.74, 6) is 1.41. The van der Waals surface area contributed by atoms with Gasteiger partial charge in [-0.2, -0.15) is 5.10 Å². The Hall–Kier alpha value is -2.50. The number of anilines is 1. The van der Waals surface area contributed by atoms with Crippen LogP contribution in [0.3, 0.4) is 0 Å². The molecule has 98 valence electrons. The molecule has 3 aromatic rings. The Bertz CT molecular complexity index is 702. The summed E-state index contributed by atoms with van der Waals surface area (Å²) in [6.07, 6.45) is 3.38. The van der Waals surface area contributed by atoms with Gasteiger partial charge in [-0.25, -0.2) is 4.98 Å². The van der Waals surface area contributed by atoms with Crippen molar-refractivity contribution in [1.29, 1.82) is 0 Å². The van der Waals surface area contributed by atoms with E-state index < -0.39 is 0 Å². The fraction of sp³-hybridized carbons (Fsp3) is 0.231. The zero-order valence-corrected chi connectivity index (χ0v) is 10.5. The standard InChI is InChI=1S/C13H14N4O2/c1-9-16-12-3-2-11(6-13(12)19-9)18-5-4-17-8-10(14)7-15-17/h2-3,6-8H,4-5,14H2,1H3. The number of nitrogens with zero attached hydrogens (tertiary/aromatic N) is 3. The second-order valence-electron chi connectivity index (χ2n) is 4.25. The minimum atomic E-state index is 0.514. The van der Waals surface area contributed by atoms with E-state index in [0.29, 0.717) is 24.7 Å². The molecule has 2 N–H and O–H groups in total. The highest BCUT2D eigenvalue weighted by molar-refractivity contribution is 5.74. The van der Waals surface area contributed by atoms with Crippen LogP contribution in [0.2, 0.25) is 0 Å². The first-order chi connectivity index (χ1) is 9.20. The van der Waals surface area contributed by atoms with E-state index in [1.165, 1.54) is 0 Å². The molecule has 0 saturated heterocycles. The Morgan fingerprint density at radius 3 is 3.11 bits per heavy atom. The topological polar surface area (TPSA) is 79.1 Å². The van der Waals surface area contributed by atoms with Crippen LogP contribution in [0.15, 0.2) is 35.0 Å². The number of nitrogen functional groups attached to an aromatic ring is 1. The van der Waals surface area contributed by atoms with Crippen molar-refractivity contribution in [3.63, 3.8) is 0 Å². The van der Waals surface area contributed by atoms with Crippen molar-refractivity contribution in [3.8, 4) is 5.75 Å². The summed E-state index contributed by atoms with van der Waals surface area (Å²) in [5, 5.41) is 4.08. The number of hydrogen-bond donors (Lipinski definition) is 1. The number of nitrogens with two attached hydrogens (primary N) is 1. The lowest BCUT2D eigenvalue weighted by Crippen LogP contribution is -2.08. The molecule has 0 fully saturated rings. The predicted molar refractivity (Wildman–Crippen MR) is 70.9 cm³/mol. The molecule has 0 amide bonds. The monoisotopic (exact) mass is 258 g/mol. The van der Waals surface area contributed by atoms with E-state index in [1.807, 2.05) is 25.1 Å². The number of aryl methyl sites for hydroxylation is 1. The van der Waals surface area contributed by atoms with E-state index in [1.54, 1.807) is 17.1 Å². The van der Waals surface area contributed by atoms with Crippen LogP contribution in [0.4, 0.5) is 5.69 Å². The average molecular weight is 258 g/mol. The highest BCUT2D eigenvalue weighted by Gasteiger charge is 2.04. The lowest BCUT2D eigenvalue weighted by atomic mass is 10.3. The number of hydrogen-bond acceptors (Lipinski definition) is 5. The first-order valence-corrected chi connectivity index (χ1v) is 5.98. The van der Waals surface area contributed by atoms with E-state index in [-0.39, 0.29) is 0 Å². The van der Waals surface area contributed by atoms with Gasteiger partial charge < -0.3 is 14.9 Å². The van der Waals surface area contributed by atoms with Crippen molar-refractivity contribution in [3.05, 3.63) is 36.5 Å². The minimum Gasteiger partial charge on any atom is -0.492 e. The van der Waals surface area contributed by atoms with Crippen molar-refractivity contribution in [2.75, 3.05) is 12.3 Å². The van der Waals surface area contributed by atoms with Crippen molar-refractivity contribution in [1.82, 2.24) is 14.8 Å². The summed E-state index contributed by atoms with van der Waals surface area (Å²) in [7, 11) is 0. The summed E-state index contributed by atoms with van der Waals surface area (Å²) >= 11 is 0. The third-order valence-corrected chi connectivity index (χ3v) is 2.71. The summed E-state index contributed by atoms with van der Waals surface area (Å²) in [6.45, 7) is 2.98. The molecular formula is C13H14N4O2. The summed E-state index contributed by atoms with van der Waals surface area (Å²) < 4.78 is 12.8. The lowest BCUT2D eigenvalue weighted by Gasteiger charge is -2.05. The maximum atomic E-state index is 5.65. The van der Waals surface area contributed by atoms with Gasteiger partial charge >= 0.3 is 0 Å². The molecule has 0 saturated carbocycles. The Morgan fingerprint density at radius 1 is 1.42 bits per heavy atom. The Balaban J connectivity index is 1.64. The molecular weight excluding hydrogens is 244 g/mol. The summed E-state index contributed by atoms with van der Waals surface area (Å²) in [6, 6.07) is 5.60. The first-order valence-electron chi connectivity index (χ1n) is 5.98. The van der Waals surface area contributed by atoms with Crippen LogP contribution in [0, 0.1) is 6.92 Å². The second-order valence-corrected chi connectivity index (χ2v) is 4.25. The van der Waals surface area contributed by atoms with Crippen molar-refractivity contribution in [2.24, 2.45) is 0 Å². The van der Waals surface area contributed by atoms with Gasteiger partial charge in [0.1, 0.15) is 17.9 Å². The van der Waals surface area contributed by atoms with Crippen LogP contribution in [0.1, 0.15) is 5.89 Å². The molecule has 0 spiro atoms. The van der Waals surface area contributed by atoms with Crippen LogP contribution < -0.4 is 10.5 Å². The van der Waals surface area contributed by atoms with Gasteiger partial charge in [0, 0.05) is 19.2 Å². The van der Waals surface area contributed by atoms with Gasteiger partial charge in [-0.05, 0) is 12.1 Å². The number of fused-ring (bicyclic) bond motifs is 1. The molecule has 6 nitrogen and oxygen atoms in total. The molecule has 2 aromatic heterocycles. The number of rotatable bonds is 4. The molecule has 0 bridgehead atoms. The van der Waals surface area contributed by atoms with Crippen LogP contribution in [-0.2, 0) is 6.54 Å². The SMILES string of the molecule is Cc1nc2ccc(OCCn3cc(N)cn3)cc2o1. The highest BCUT2D eigenvalue weighted by Crippen LogP contribution is 2.21. The Morgan fingerprint density at radius 2 is 2.32 bits per heavy atom. The summed E-state index contributed by atoms with van der Waals surface area (Å²) in [4.78, 5) is 4.23. The lowest BCUT2D eigenvalue weighted by molar-refractivity contribution is 0.291. The van der Waals surface area contributed by atoms with Gasteiger partial charge in [-0.15, -0.1) is 0 Å². The van der Waals surface area contributed by atoms with Crippen LogP contribution >= 0.6 is 0 Å². The van der Waals surface area contributed by atoms with Crippen molar-refractivity contribution >= 4 is 16.8 Å². The third-order valence-electron chi connectivity index (χ3n) is 2.71. The summed E-state index contributed by atoms with van der Waals surface area (Å²) in [5.41, 5.74) is 7.81. The number of ether oxygens (including phenoxy) is 1. The van der Waals surface area contributed by atoms with E-state index in [2.05, 4.69) is 10.1 Å². The van der Waals surface area contributed by atoms with E-state index >= 15 is 0 Å². The molecule has 1 aromatic carbocycles. The molecule has 2 heterocycles. The molecule has 0 unspecified atom stereocenters. The van der Waals surface area contributed by atoms with Crippen LogP contribution in [-0.4, -0.2) is 21.4 Å². The molecule has 0 radical (unpaired) electrons. The van der Waals surface area contributed by atoms with Gasteiger partial charge in [0.05, 0.1) is 18.4 Å². The van der Waals surface area contributed by atoms with Gasteiger partial charge in [0.15, 0.2) is 11.5 Å². The van der Waals surface area contributed by atoms with Crippen molar-refractivity contribution < 1.29 is 9.15 Å². The minimum absolute atomic E-state index is 0.514. The fourth-order valence-electron chi connectivity index (χ4n) is 1.87. The molecule has 19 heavy (non-hydrogen) atoms. The van der Waals surface area contributed by atoms with E-state index in [4.69, 9.17) is 14.9 Å². The second kappa shape index (κ2) is 4.64. The molecule has 0 aliphatic heterocycles. The maximum absolute atomic E-state index is 5.65. The smallest absolute Gasteiger partial charge is 0.192 e. The largest absolute Gasteiger partial charge is 0.492 e. The van der Waals surface area contributed by atoms with Crippen molar-refractivity contribution in [2.45, 2.75) is 13.5 Å². The normalized spacial score (nSPS) is 11.0. The van der Waals surface area contributed by atoms with Crippen LogP contribution in [0.5, 0.6) is 5.75 Å². The van der Waals surface area contributed by atoms with Gasteiger partial charge in [-0.3, -0.25) is 4.68 Å². The Labute approximate surface area is 109 Å². The predicted octanol–water partition coefficient (Wildman–Crippen LogP) is 1.99. The first kappa shape index (κ1) is 11.6. The molecule has 0 aliphatic rings. The quantitative estimate of drug-likeness (QED) is 0.774. The molecule has 3 rings (SSSR count). The number of aromatic nitrogens is 3. The molecule has 6 heteroatoms. The zero-order chi connectivity index (χ0) is 13.2. The number of benzene rings is 1. The van der Waals surface area contributed by atoms with E-state index in [9.17, 15) is 0 Å². The average Bonchev–Trinajstić information content (AvgIpc) is 2.94. The Kier molecular flexibility index (Phi) is 2.83. The maximum Gasteiger partial charge on any atom is 0.192 e. The highest BCUT2D eigenvalue weighted by atomic mass is 16.5. The zero-order valence-electron chi connectivity index (χ0n) is 10.5. The number of oxazole rings is 1. The third kappa shape index (κ3) is 2.52. The van der Waals surface area contributed by atoms with E-state index in [0.717, 1.165) is 16.8 Å². The molecule has 0 aliphatic carbocycles. The van der Waals surface area contributed by atoms with Gasteiger partial charge in [0.25, 0.3) is 0 Å². The van der Waals surface area contributed by atoms with Gasteiger partial charge in [0.2, 0.25) is 0 Å². The fourth-order valence-corrected chi connectivity index (χ4v) is 1.87. The molecule has 0 atom stereocenters. The van der Waals surface area contributed by atoms with Gasteiger partial charge in [-0.1, -0.05) is 0 Å².